The highest BCUT2D eigenvalue weighted by Crippen LogP contribution is 2.44. The van der Waals surface area contributed by atoms with Crippen molar-refractivity contribution in [1.82, 2.24) is 9.55 Å². The molecule has 11 nitrogen and oxygen atoms in total. The zero-order valence-electron chi connectivity index (χ0n) is 22.8. The van der Waals surface area contributed by atoms with E-state index in [1.165, 1.54) is 17.8 Å². The molecular formula is C32H24N4O7. The molecule has 0 saturated carbocycles. The highest BCUT2D eigenvalue weighted by molar-refractivity contribution is 5.91. The zero-order chi connectivity index (χ0) is 30.4. The van der Waals surface area contributed by atoms with Crippen LogP contribution in [0.4, 0.5) is 0 Å². The molecule has 43 heavy (non-hydrogen) atoms. The van der Waals surface area contributed by atoms with Crippen molar-refractivity contribution in [2.45, 2.75) is 31.0 Å². The highest BCUT2D eigenvalue weighted by Gasteiger charge is 2.61. The molecule has 0 spiro atoms. The number of imidazole rings is 1. The van der Waals surface area contributed by atoms with Gasteiger partial charge in [0.25, 0.3) is 0 Å². The maximum atomic E-state index is 13.4. The van der Waals surface area contributed by atoms with E-state index in [0.29, 0.717) is 0 Å². The van der Waals surface area contributed by atoms with E-state index in [1.807, 2.05) is 12.1 Å². The summed E-state index contributed by atoms with van der Waals surface area (Å²) in [6.07, 6.45) is -2.64. The number of carbonyl (C=O) groups is 3. The number of rotatable bonds is 8. The molecule has 5 rings (SSSR count). The van der Waals surface area contributed by atoms with Crippen molar-refractivity contribution in [3.8, 4) is 12.1 Å². The molecule has 0 N–H and O–H groups in total. The van der Waals surface area contributed by atoms with E-state index in [4.69, 9.17) is 18.9 Å². The van der Waals surface area contributed by atoms with Crippen molar-refractivity contribution < 1.29 is 33.3 Å². The molecule has 1 aromatic heterocycles. The third-order valence-electron chi connectivity index (χ3n) is 6.91. The number of benzene rings is 3. The number of nitrogens with zero attached hydrogens (tertiary/aromatic N) is 4. The Morgan fingerprint density at radius 3 is 1.91 bits per heavy atom. The van der Waals surface area contributed by atoms with Crippen LogP contribution in [0.3, 0.4) is 0 Å². The van der Waals surface area contributed by atoms with Gasteiger partial charge in [-0.05, 0) is 43.3 Å². The number of aromatic nitrogens is 2. The number of ether oxygens (including phenoxy) is 4. The first kappa shape index (κ1) is 28.7. The van der Waals surface area contributed by atoms with Crippen LogP contribution in [0.1, 0.15) is 55.6 Å². The van der Waals surface area contributed by atoms with Crippen molar-refractivity contribution >= 4 is 17.9 Å². The lowest BCUT2D eigenvalue weighted by Crippen LogP contribution is -2.50. The second-order valence-electron chi connectivity index (χ2n) is 9.70. The van der Waals surface area contributed by atoms with E-state index in [1.54, 1.807) is 91.0 Å². The predicted octanol–water partition coefficient (Wildman–Crippen LogP) is 4.22. The largest absolute Gasteiger partial charge is 0.459 e. The summed E-state index contributed by atoms with van der Waals surface area (Å²) in [5.74, 6) is -2.17. The van der Waals surface area contributed by atoms with Crippen LogP contribution in [0.2, 0.25) is 0 Å². The summed E-state index contributed by atoms with van der Waals surface area (Å²) < 4.78 is 25.0. The molecule has 2 heterocycles. The molecule has 3 aromatic carbocycles. The second-order valence-corrected chi connectivity index (χ2v) is 9.70. The smallest absolute Gasteiger partial charge is 0.338 e. The molecule has 1 aliphatic rings. The van der Waals surface area contributed by atoms with Crippen molar-refractivity contribution in [2.75, 3.05) is 6.61 Å². The van der Waals surface area contributed by atoms with Crippen molar-refractivity contribution in [1.29, 1.82) is 10.5 Å². The molecule has 4 aromatic rings. The fraction of sp³-hybridized carbons (Fsp3) is 0.188. The Morgan fingerprint density at radius 2 is 1.37 bits per heavy atom. The summed E-state index contributed by atoms with van der Waals surface area (Å²) in [6.45, 7) is 1.07. The van der Waals surface area contributed by atoms with Gasteiger partial charge in [-0.2, -0.15) is 10.5 Å². The topological polar surface area (TPSA) is 154 Å². The molecule has 0 amide bonds. The summed E-state index contributed by atoms with van der Waals surface area (Å²) in [5, 5.41) is 19.4. The first-order chi connectivity index (χ1) is 20.9. The van der Waals surface area contributed by atoms with Crippen molar-refractivity contribution in [2.24, 2.45) is 0 Å². The molecular weight excluding hydrogens is 552 g/mol. The highest BCUT2D eigenvalue weighted by atomic mass is 16.7. The molecule has 0 bridgehead atoms. The standard InChI is InChI=1S/C32H24N4O7/c1-32(43-30(39)23-15-9-4-10-16-23)27(42-29(38)22-13-7-3-8-14-22)26(19-40-28(37)21-11-5-2-6-12-21)41-31(32)36-20-35-24(17-33)25(36)18-34/h2-16,20,26-27,31H,19H2,1H3/t26-,27-,31-,32-/m1/s1. The summed E-state index contributed by atoms with van der Waals surface area (Å²) in [4.78, 5) is 43.5. The second kappa shape index (κ2) is 12.4. The Balaban J connectivity index is 1.56. The van der Waals surface area contributed by atoms with E-state index >= 15 is 0 Å². The van der Waals surface area contributed by atoms with Crippen LogP contribution < -0.4 is 0 Å². The van der Waals surface area contributed by atoms with Crippen molar-refractivity contribution in [3.63, 3.8) is 0 Å². The maximum absolute atomic E-state index is 13.4. The molecule has 4 atom stereocenters. The molecule has 1 saturated heterocycles. The Bertz CT molecular complexity index is 1710. The average Bonchev–Trinajstić information content (AvgIpc) is 3.58. The zero-order valence-corrected chi connectivity index (χ0v) is 22.8. The Labute approximate surface area is 246 Å². The van der Waals surface area contributed by atoms with Crippen molar-refractivity contribution in [3.05, 3.63) is 125 Å². The molecule has 0 unspecified atom stereocenters. The summed E-state index contributed by atoms with van der Waals surface area (Å²) in [5.41, 5.74) is -1.44. The minimum Gasteiger partial charge on any atom is -0.459 e. The van der Waals surface area contributed by atoms with Crippen LogP contribution >= 0.6 is 0 Å². The first-order valence-corrected chi connectivity index (χ1v) is 13.1. The number of carbonyl (C=O) groups excluding carboxylic acids is 3. The van der Waals surface area contributed by atoms with Gasteiger partial charge in [-0.1, -0.05) is 54.6 Å². The minimum atomic E-state index is -1.81. The van der Waals surface area contributed by atoms with Gasteiger partial charge in [-0.15, -0.1) is 0 Å². The fourth-order valence-electron chi connectivity index (χ4n) is 4.79. The van der Waals surface area contributed by atoms with Gasteiger partial charge in [0.1, 0.15) is 24.8 Å². The third-order valence-corrected chi connectivity index (χ3v) is 6.91. The van der Waals surface area contributed by atoms with Gasteiger partial charge in [0.15, 0.2) is 29.3 Å². The quantitative estimate of drug-likeness (QED) is 0.220. The van der Waals surface area contributed by atoms with Gasteiger partial charge in [0.2, 0.25) is 0 Å². The van der Waals surface area contributed by atoms with E-state index in [9.17, 15) is 24.9 Å². The predicted molar refractivity (Wildman–Crippen MR) is 148 cm³/mol. The molecule has 214 valence electrons. The first-order valence-electron chi connectivity index (χ1n) is 13.1. The van der Waals surface area contributed by atoms with Crippen LogP contribution in [0.25, 0.3) is 0 Å². The van der Waals surface area contributed by atoms with Gasteiger partial charge in [-0.25, -0.2) is 19.4 Å². The van der Waals surface area contributed by atoms with Crippen LogP contribution in [-0.4, -0.2) is 51.9 Å². The van der Waals surface area contributed by atoms with Gasteiger partial charge in [-0.3, -0.25) is 4.57 Å². The van der Waals surface area contributed by atoms with Gasteiger partial charge in [0, 0.05) is 0 Å². The number of hydrogen-bond donors (Lipinski definition) is 0. The molecule has 1 aliphatic heterocycles. The van der Waals surface area contributed by atoms with Crippen LogP contribution in [0.5, 0.6) is 0 Å². The molecule has 0 radical (unpaired) electrons. The summed E-state index contributed by atoms with van der Waals surface area (Å²) in [6, 6.07) is 28.3. The summed E-state index contributed by atoms with van der Waals surface area (Å²) in [7, 11) is 0. The Kier molecular flexibility index (Phi) is 8.28. The van der Waals surface area contributed by atoms with E-state index in [-0.39, 0.29) is 28.1 Å². The number of esters is 3. The van der Waals surface area contributed by atoms with Gasteiger partial charge >= 0.3 is 17.9 Å². The average molecular weight is 577 g/mol. The lowest BCUT2D eigenvalue weighted by molar-refractivity contribution is -0.110. The van der Waals surface area contributed by atoms with E-state index in [0.717, 1.165) is 0 Å². The summed E-state index contributed by atoms with van der Waals surface area (Å²) >= 11 is 0. The van der Waals surface area contributed by atoms with E-state index in [2.05, 4.69) is 4.98 Å². The van der Waals surface area contributed by atoms with Crippen LogP contribution in [-0.2, 0) is 18.9 Å². The number of nitriles is 2. The normalized spacial score (nSPS) is 20.8. The molecule has 0 aliphatic carbocycles. The Hall–Kier alpha value is -5.78. The third kappa shape index (κ3) is 5.84. The van der Waals surface area contributed by atoms with Crippen LogP contribution in [0, 0.1) is 22.7 Å². The molecule has 1 fully saturated rings. The van der Waals surface area contributed by atoms with Crippen LogP contribution in [0.15, 0.2) is 97.3 Å². The maximum Gasteiger partial charge on any atom is 0.338 e. The SMILES string of the molecule is C[C@@]1(OC(=O)c2ccccc2)[C@H](OC(=O)c2ccccc2)[C@@H](COC(=O)c2ccccc2)O[C@H]1n1cnc(C#N)c1C#N. The minimum absolute atomic E-state index is 0.162. The fourth-order valence-corrected chi connectivity index (χ4v) is 4.79. The van der Waals surface area contributed by atoms with E-state index < -0.39 is 48.6 Å². The lowest BCUT2D eigenvalue weighted by Gasteiger charge is -2.34. The molecule has 11 heteroatoms. The number of hydrogen-bond acceptors (Lipinski definition) is 10. The van der Waals surface area contributed by atoms with Gasteiger partial charge < -0.3 is 18.9 Å². The monoisotopic (exact) mass is 576 g/mol. The van der Waals surface area contributed by atoms with Gasteiger partial charge in [0.05, 0.1) is 23.0 Å². The Morgan fingerprint density at radius 1 is 0.837 bits per heavy atom. The lowest BCUT2D eigenvalue weighted by atomic mass is 9.95.